The summed E-state index contributed by atoms with van der Waals surface area (Å²) in [5.74, 6) is 0.521. The third-order valence-corrected chi connectivity index (χ3v) is 4.95. The quantitative estimate of drug-likeness (QED) is 0.738. The van der Waals surface area contributed by atoms with Gasteiger partial charge in [-0.05, 0) is 30.7 Å². The summed E-state index contributed by atoms with van der Waals surface area (Å²) in [7, 11) is 0. The average molecular weight is 421 g/mol. The monoisotopic (exact) mass is 421 g/mol. The molecular formula is C22H26F3N3O2. The van der Waals surface area contributed by atoms with E-state index in [1.165, 1.54) is 12.1 Å². The Morgan fingerprint density at radius 3 is 2.43 bits per heavy atom. The predicted octanol–water partition coefficient (Wildman–Crippen LogP) is 3.86. The molecule has 1 fully saturated rings. The van der Waals surface area contributed by atoms with Gasteiger partial charge in [0.2, 0.25) is 5.91 Å². The van der Waals surface area contributed by atoms with Gasteiger partial charge < -0.3 is 10.1 Å². The Kier molecular flexibility index (Phi) is 7.33. The van der Waals surface area contributed by atoms with Gasteiger partial charge >= 0.3 is 6.18 Å². The third kappa shape index (κ3) is 6.21. The van der Waals surface area contributed by atoms with Gasteiger partial charge in [0, 0.05) is 32.7 Å². The van der Waals surface area contributed by atoms with Gasteiger partial charge in [-0.25, -0.2) is 0 Å². The minimum Gasteiger partial charge on any atom is -0.492 e. The first kappa shape index (κ1) is 22.1. The lowest BCUT2D eigenvalue weighted by Gasteiger charge is -2.34. The number of benzene rings is 2. The number of hydrogen-bond acceptors (Lipinski definition) is 4. The molecule has 2 aromatic carbocycles. The van der Waals surface area contributed by atoms with Gasteiger partial charge in [0.1, 0.15) is 5.75 Å². The van der Waals surface area contributed by atoms with Gasteiger partial charge in [0.05, 0.1) is 24.4 Å². The fourth-order valence-electron chi connectivity index (χ4n) is 3.45. The van der Waals surface area contributed by atoms with Crippen LogP contribution in [0.5, 0.6) is 5.75 Å². The maximum Gasteiger partial charge on any atom is 0.416 e. The van der Waals surface area contributed by atoms with E-state index >= 15 is 0 Å². The van der Waals surface area contributed by atoms with Crippen molar-refractivity contribution < 1.29 is 22.7 Å². The highest BCUT2D eigenvalue weighted by Crippen LogP contribution is 2.30. The molecule has 2 aromatic rings. The Bertz CT molecular complexity index is 850. The second-order valence-corrected chi connectivity index (χ2v) is 7.23. The first-order chi connectivity index (χ1) is 14.3. The Morgan fingerprint density at radius 2 is 1.73 bits per heavy atom. The number of ether oxygens (including phenoxy) is 1. The van der Waals surface area contributed by atoms with Crippen LogP contribution in [0.3, 0.4) is 0 Å². The van der Waals surface area contributed by atoms with Crippen molar-refractivity contribution in [2.45, 2.75) is 19.6 Å². The maximum atomic E-state index is 12.9. The predicted molar refractivity (Wildman–Crippen MR) is 109 cm³/mol. The van der Waals surface area contributed by atoms with E-state index in [2.05, 4.69) is 10.2 Å². The number of carbonyl (C=O) groups is 1. The van der Waals surface area contributed by atoms with E-state index in [9.17, 15) is 18.0 Å². The maximum absolute atomic E-state index is 12.9. The van der Waals surface area contributed by atoms with Crippen LogP contribution in [-0.4, -0.2) is 55.0 Å². The molecule has 0 unspecified atom stereocenters. The Labute approximate surface area is 174 Å². The molecule has 0 saturated carbocycles. The second-order valence-electron chi connectivity index (χ2n) is 7.23. The molecule has 5 nitrogen and oxygen atoms in total. The van der Waals surface area contributed by atoms with E-state index in [0.29, 0.717) is 56.3 Å². The standard InChI is InChI=1S/C22H26F3N3O2/c1-2-30-20-9-4-3-8-19(20)26-21(29)16-28-12-10-27(11-13-28)15-17-6-5-7-18(14-17)22(23,24)25/h3-9,14H,2,10-13,15-16H2,1H3,(H,26,29). The average Bonchev–Trinajstić information content (AvgIpc) is 2.71. The molecule has 1 saturated heterocycles. The smallest absolute Gasteiger partial charge is 0.416 e. The van der Waals surface area contributed by atoms with Crippen LogP contribution >= 0.6 is 0 Å². The van der Waals surface area contributed by atoms with Gasteiger partial charge in [-0.2, -0.15) is 13.2 Å². The van der Waals surface area contributed by atoms with Crippen LogP contribution in [0, 0.1) is 0 Å². The summed E-state index contributed by atoms with van der Waals surface area (Å²) in [6.45, 7) is 5.87. The third-order valence-electron chi connectivity index (χ3n) is 4.95. The van der Waals surface area contributed by atoms with Crippen molar-refractivity contribution in [2.24, 2.45) is 0 Å². The molecule has 8 heteroatoms. The minimum absolute atomic E-state index is 0.117. The first-order valence-electron chi connectivity index (χ1n) is 9.97. The second kappa shape index (κ2) is 9.95. The van der Waals surface area contributed by atoms with E-state index in [4.69, 9.17) is 4.74 Å². The zero-order chi connectivity index (χ0) is 21.6. The van der Waals surface area contributed by atoms with Crippen LogP contribution in [0.4, 0.5) is 18.9 Å². The number of carbonyl (C=O) groups excluding carboxylic acids is 1. The number of nitrogens with one attached hydrogen (secondary N) is 1. The Balaban J connectivity index is 1.47. The van der Waals surface area contributed by atoms with Gasteiger partial charge in [-0.1, -0.05) is 30.3 Å². The Morgan fingerprint density at radius 1 is 1.03 bits per heavy atom. The summed E-state index contributed by atoms with van der Waals surface area (Å²) in [6, 6.07) is 12.7. The van der Waals surface area contributed by atoms with Crippen LogP contribution in [0.15, 0.2) is 48.5 Å². The van der Waals surface area contributed by atoms with Crippen molar-refractivity contribution in [1.29, 1.82) is 0 Å². The SMILES string of the molecule is CCOc1ccccc1NC(=O)CN1CCN(Cc2cccc(C(F)(F)F)c2)CC1. The van der Waals surface area contributed by atoms with Crippen molar-refractivity contribution in [2.75, 3.05) is 44.6 Å². The van der Waals surface area contributed by atoms with Crippen LogP contribution in [0.25, 0.3) is 0 Å². The largest absolute Gasteiger partial charge is 0.492 e. The minimum atomic E-state index is -4.33. The molecule has 0 aromatic heterocycles. The highest BCUT2D eigenvalue weighted by molar-refractivity contribution is 5.93. The molecule has 30 heavy (non-hydrogen) atoms. The molecule has 162 valence electrons. The van der Waals surface area contributed by atoms with Crippen molar-refractivity contribution in [3.05, 3.63) is 59.7 Å². The number of alkyl halides is 3. The summed E-state index contributed by atoms with van der Waals surface area (Å²) >= 11 is 0. The summed E-state index contributed by atoms with van der Waals surface area (Å²) < 4.78 is 44.2. The van der Waals surface area contributed by atoms with Gasteiger partial charge in [0.25, 0.3) is 0 Å². The van der Waals surface area contributed by atoms with Crippen molar-refractivity contribution in [3.8, 4) is 5.75 Å². The number of hydrogen-bond donors (Lipinski definition) is 1. The molecule has 0 radical (unpaired) electrons. The van der Waals surface area contributed by atoms with Gasteiger partial charge in [-0.15, -0.1) is 0 Å². The highest BCUT2D eigenvalue weighted by atomic mass is 19.4. The number of amides is 1. The molecule has 1 aliphatic heterocycles. The molecule has 3 rings (SSSR count). The zero-order valence-electron chi connectivity index (χ0n) is 16.9. The number of halogens is 3. The highest BCUT2D eigenvalue weighted by Gasteiger charge is 2.30. The molecule has 1 heterocycles. The lowest BCUT2D eigenvalue weighted by Crippen LogP contribution is -2.48. The fraction of sp³-hybridized carbons (Fsp3) is 0.409. The fourth-order valence-corrected chi connectivity index (χ4v) is 3.45. The molecule has 0 atom stereocenters. The zero-order valence-corrected chi connectivity index (χ0v) is 16.9. The molecule has 0 spiro atoms. The molecule has 0 bridgehead atoms. The van der Waals surface area contributed by atoms with Crippen LogP contribution in [-0.2, 0) is 17.5 Å². The normalized spacial score (nSPS) is 15.7. The van der Waals surface area contributed by atoms with E-state index < -0.39 is 11.7 Å². The molecule has 1 amide bonds. The number of piperazine rings is 1. The van der Waals surface area contributed by atoms with Crippen LogP contribution in [0.1, 0.15) is 18.1 Å². The lowest BCUT2D eigenvalue weighted by molar-refractivity contribution is -0.137. The van der Waals surface area contributed by atoms with Crippen molar-refractivity contribution in [3.63, 3.8) is 0 Å². The van der Waals surface area contributed by atoms with Crippen LogP contribution in [0.2, 0.25) is 0 Å². The summed E-state index contributed by atoms with van der Waals surface area (Å²) in [4.78, 5) is 16.6. The van der Waals surface area contributed by atoms with E-state index in [-0.39, 0.29) is 12.5 Å². The number of rotatable bonds is 7. The first-order valence-corrected chi connectivity index (χ1v) is 9.97. The van der Waals surface area contributed by atoms with Gasteiger partial charge in [0.15, 0.2) is 0 Å². The lowest BCUT2D eigenvalue weighted by atomic mass is 10.1. The number of nitrogens with zero attached hydrogens (tertiary/aromatic N) is 2. The molecular weight excluding hydrogens is 395 g/mol. The topological polar surface area (TPSA) is 44.8 Å². The molecule has 1 aliphatic rings. The van der Waals surface area contributed by atoms with E-state index in [1.807, 2.05) is 30.0 Å². The van der Waals surface area contributed by atoms with Gasteiger partial charge in [-0.3, -0.25) is 14.6 Å². The summed E-state index contributed by atoms with van der Waals surface area (Å²) in [5.41, 5.74) is 0.665. The van der Waals surface area contributed by atoms with Crippen molar-refractivity contribution >= 4 is 11.6 Å². The number of para-hydroxylation sites is 2. The number of anilines is 1. The van der Waals surface area contributed by atoms with Crippen molar-refractivity contribution in [1.82, 2.24) is 9.80 Å². The van der Waals surface area contributed by atoms with E-state index in [0.717, 1.165) is 6.07 Å². The van der Waals surface area contributed by atoms with Crippen LogP contribution < -0.4 is 10.1 Å². The molecule has 0 aliphatic carbocycles. The molecule has 1 N–H and O–H groups in total. The van der Waals surface area contributed by atoms with E-state index in [1.54, 1.807) is 12.1 Å². The summed E-state index contributed by atoms with van der Waals surface area (Å²) in [6.07, 6.45) is -4.33. The Hall–Kier alpha value is -2.58. The summed E-state index contributed by atoms with van der Waals surface area (Å²) in [5, 5.41) is 2.89.